The van der Waals surface area contributed by atoms with Crippen LogP contribution in [-0.4, -0.2) is 10.1 Å². The largest absolute Gasteiger partial charge is 0.439 e. The molecule has 2 aromatic rings. The predicted octanol–water partition coefficient (Wildman–Crippen LogP) is 3.83. The average molecular weight is 312 g/mol. The summed E-state index contributed by atoms with van der Waals surface area (Å²) >= 11 is 3.08. The Kier molecular flexibility index (Phi) is 3.93. The van der Waals surface area contributed by atoms with Crippen molar-refractivity contribution in [3.05, 3.63) is 52.4 Å². The number of nitrogens with zero attached hydrogens (tertiary/aromatic N) is 1. The van der Waals surface area contributed by atoms with Crippen LogP contribution in [-0.2, 0) is 0 Å². The van der Waals surface area contributed by atoms with Crippen LogP contribution in [0.15, 0.2) is 41.0 Å². The summed E-state index contributed by atoms with van der Waals surface area (Å²) in [5.74, 6) is 0.526. The van der Waals surface area contributed by atoms with Crippen molar-refractivity contribution in [2.45, 2.75) is 13.0 Å². The molecule has 0 bridgehead atoms. The minimum Gasteiger partial charge on any atom is -0.439 e. The topological polar surface area (TPSA) is 42.4 Å². The third kappa shape index (κ3) is 3.05. The summed E-state index contributed by atoms with van der Waals surface area (Å²) in [7, 11) is 0. The molecule has 0 aliphatic rings. The van der Waals surface area contributed by atoms with Crippen LogP contribution < -0.4 is 4.74 Å². The zero-order valence-electron chi connectivity index (χ0n) is 9.60. The van der Waals surface area contributed by atoms with Crippen molar-refractivity contribution in [3.8, 4) is 11.6 Å². The maximum absolute atomic E-state index is 13.0. The van der Waals surface area contributed by atoms with Gasteiger partial charge in [0.1, 0.15) is 11.6 Å². The van der Waals surface area contributed by atoms with Gasteiger partial charge in [0.05, 0.1) is 10.6 Å². The van der Waals surface area contributed by atoms with E-state index in [1.807, 2.05) is 0 Å². The lowest BCUT2D eigenvalue weighted by Gasteiger charge is -2.07. The van der Waals surface area contributed by atoms with Gasteiger partial charge in [-0.15, -0.1) is 0 Å². The normalized spacial score (nSPS) is 12.2. The molecule has 3 nitrogen and oxygen atoms in total. The Morgan fingerprint density at radius 3 is 2.67 bits per heavy atom. The fraction of sp³-hybridized carbons (Fsp3) is 0.154. The van der Waals surface area contributed by atoms with Crippen LogP contribution in [0.1, 0.15) is 18.6 Å². The van der Waals surface area contributed by atoms with Crippen LogP contribution in [0.2, 0.25) is 0 Å². The van der Waals surface area contributed by atoms with Gasteiger partial charge < -0.3 is 9.84 Å². The molecule has 0 saturated heterocycles. The van der Waals surface area contributed by atoms with E-state index in [4.69, 9.17) is 4.74 Å². The van der Waals surface area contributed by atoms with Crippen LogP contribution in [0.5, 0.6) is 11.6 Å². The lowest BCUT2D eigenvalue weighted by molar-refractivity contribution is 0.198. The first kappa shape index (κ1) is 13.0. The van der Waals surface area contributed by atoms with Gasteiger partial charge in [-0.1, -0.05) is 0 Å². The fourth-order valence-electron chi connectivity index (χ4n) is 1.36. The number of benzene rings is 1. The molecule has 0 aliphatic carbocycles. The summed E-state index contributed by atoms with van der Waals surface area (Å²) in [4.78, 5) is 4.06. The Bertz CT molecular complexity index is 543. The lowest BCUT2D eigenvalue weighted by atomic mass is 10.2. The maximum Gasteiger partial charge on any atom is 0.219 e. The average Bonchev–Trinajstić information content (AvgIpc) is 2.34. The molecule has 0 radical (unpaired) electrons. The zero-order valence-corrected chi connectivity index (χ0v) is 11.2. The number of rotatable bonds is 3. The van der Waals surface area contributed by atoms with Crippen molar-refractivity contribution in [3.63, 3.8) is 0 Å². The number of halogens is 2. The van der Waals surface area contributed by atoms with E-state index in [1.54, 1.807) is 25.3 Å². The van der Waals surface area contributed by atoms with Gasteiger partial charge in [0.15, 0.2) is 0 Å². The molecule has 1 heterocycles. The standard InChI is InChI=1S/C13H11BrFNO2/c1-8(17)9-2-5-13(16-7-9)18-10-3-4-12(15)11(14)6-10/h2-8,17H,1H3/t8-/m1/s1. The van der Waals surface area contributed by atoms with Crippen LogP contribution in [0.25, 0.3) is 0 Å². The SMILES string of the molecule is C[C@@H](O)c1ccc(Oc2ccc(F)c(Br)c2)nc1. The molecule has 1 N–H and O–H groups in total. The van der Waals surface area contributed by atoms with E-state index in [9.17, 15) is 9.50 Å². The molecule has 94 valence electrons. The number of hydrogen-bond donors (Lipinski definition) is 1. The number of ether oxygens (including phenoxy) is 1. The van der Waals surface area contributed by atoms with Crippen molar-refractivity contribution < 1.29 is 14.2 Å². The molecule has 0 saturated carbocycles. The van der Waals surface area contributed by atoms with E-state index in [1.165, 1.54) is 18.2 Å². The second kappa shape index (κ2) is 5.46. The van der Waals surface area contributed by atoms with Gasteiger partial charge in [-0.25, -0.2) is 9.37 Å². The molecule has 2 rings (SSSR count). The Labute approximate surface area is 112 Å². The van der Waals surface area contributed by atoms with Gasteiger partial charge in [-0.3, -0.25) is 0 Å². The monoisotopic (exact) mass is 311 g/mol. The molecule has 0 amide bonds. The third-order valence-corrected chi connectivity index (χ3v) is 2.96. The van der Waals surface area contributed by atoms with Crippen molar-refractivity contribution in [1.29, 1.82) is 0 Å². The van der Waals surface area contributed by atoms with E-state index >= 15 is 0 Å². The predicted molar refractivity (Wildman–Crippen MR) is 69.0 cm³/mol. The summed E-state index contributed by atoms with van der Waals surface area (Å²) in [6.45, 7) is 1.66. The highest BCUT2D eigenvalue weighted by molar-refractivity contribution is 9.10. The van der Waals surface area contributed by atoms with Gasteiger partial charge >= 0.3 is 0 Å². The first-order chi connectivity index (χ1) is 8.56. The molecule has 1 atom stereocenters. The minimum atomic E-state index is -0.563. The number of pyridine rings is 1. The lowest BCUT2D eigenvalue weighted by Crippen LogP contribution is -1.94. The zero-order chi connectivity index (χ0) is 13.1. The third-order valence-electron chi connectivity index (χ3n) is 2.36. The van der Waals surface area contributed by atoms with Crippen molar-refractivity contribution >= 4 is 15.9 Å². The molecule has 5 heteroatoms. The number of aliphatic hydroxyl groups is 1. The highest BCUT2D eigenvalue weighted by Gasteiger charge is 2.05. The van der Waals surface area contributed by atoms with Crippen LogP contribution in [0.3, 0.4) is 0 Å². The minimum absolute atomic E-state index is 0.334. The van der Waals surface area contributed by atoms with Gasteiger partial charge in [0.25, 0.3) is 0 Å². The van der Waals surface area contributed by atoms with Crippen molar-refractivity contribution in [2.75, 3.05) is 0 Å². The van der Waals surface area contributed by atoms with Crippen molar-refractivity contribution in [2.24, 2.45) is 0 Å². The van der Waals surface area contributed by atoms with Gasteiger partial charge in [0.2, 0.25) is 5.88 Å². The molecular formula is C13H11BrFNO2. The summed E-state index contributed by atoms with van der Waals surface area (Å²) < 4.78 is 18.8. The van der Waals surface area contributed by atoms with Gasteiger partial charge in [-0.2, -0.15) is 0 Å². The van der Waals surface area contributed by atoms with Crippen LogP contribution >= 0.6 is 15.9 Å². The molecule has 1 aromatic heterocycles. The Morgan fingerprint density at radius 2 is 2.11 bits per heavy atom. The number of aliphatic hydroxyl groups excluding tert-OH is 1. The van der Waals surface area contributed by atoms with Crippen LogP contribution in [0, 0.1) is 5.82 Å². The van der Waals surface area contributed by atoms with Gasteiger partial charge in [-0.05, 0) is 52.7 Å². The first-order valence-corrected chi connectivity index (χ1v) is 6.12. The second-order valence-electron chi connectivity index (χ2n) is 3.78. The van der Waals surface area contributed by atoms with E-state index < -0.39 is 6.10 Å². The van der Waals surface area contributed by atoms with Gasteiger partial charge in [0, 0.05) is 12.3 Å². The molecule has 0 fully saturated rings. The molecule has 18 heavy (non-hydrogen) atoms. The highest BCUT2D eigenvalue weighted by Crippen LogP contribution is 2.25. The smallest absolute Gasteiger partial charge is 0.219 e. The van der Waals surface area contributed by atoms with Crippen molar-refractivity contribution in [1.82, 2.24) is 4.98 Å². The Hall–Kier alpha value is -1.46. The Morgan fingerprint density at radius 1 is 1.33 bits per heavy atom. The van der Waals surface area contributed by atoms with E-state index in [2.05, 4.69) is 20.9 Å². The molecule has 0 aliphatic heterocycles. The summed E-state index contributed by atoms with van der Waals surface area (Å²) in [5.41, 5.74) is 0.711. The van der Waals surface area contributed by atoms with E-state index in [0.717, 1.165) is 0 Å². The molecule has 0 unspecified atom stereocenters. The van der Waals surface area contributed by atoms with Crippen LogP contribution in [0.4, 0.5) is 4.39 Å². The fourth-order valence-corrected chi connectivity index (χ4v) is 1.72. The second-order valence-corrected chi connectivity index (χ2v) is 4.64. The molecular weight excluding hydrogens is 301 g/mol. The number of aromatic nitrogens is 1. The summed E-state index contributed by atoms with van der Waals surface area (Å²) in [5, 5.41) is 9.34. The molecule has 1 aromatic carbocycles. The number of hydrogen-bond acceptors (Lipinski definition) is 3. The quantitative estimate of drug-likeness (QED) is 0.936. The summed E-state index contributed by atoms with van der Waals surface area (Å²) in [6.07, 6.45) is 0.977. The van der Waals surface area contributed by atoms with E-state index in [0.29, 0.717) is 21.7 Å². The summed E-state index contributed by atoms with van der Waals surface area (Å²) in [6, 6.07) is 7.73. The highest BCUT2D eigenvalue weighted by atomic mass is 79.9. The first-order valence-electron chi connectivity index (χ1n) is 5.33. The maximum atomic E-state index is 13.0. The van der Waals surface area contributed by atoms with E-state index in [-0.39, 0.29) is 5.82 Å². The molecule has 0 spiro atoms. The Balaban J connectivity index is 2.15.